The summed E-state index contributed by atoms with van der Waals surface area (Å²) in [6.07, 6.45) is -0.0980. The second kappa shape index (κ2) is 6.76. The van der Waals surface area contributed by atoms with Gasteiger partial charge in [0, 0.05) is 6.42 Å². The Kier molecular flexibility index (Phi) is 5.32. The van der Waals surface area contributed by atoms with Crippen LogP contribution in [-0.4, -0.2) is 31.5 Å². The minimum atomic E-state index is -0.942. The Labute approximate surface area is 106 Å². The Bertz CT molecular complexity index is 431. The molecule has 1 rings (SSSR count). The predicted molar refractivity (Wildman–Crippen MR) is 66.5 cm³/mol. The van der Waals surface area contributed by atoms with Crippen molar-refractivity contribution < 1.29 is 19.1 Å². The normalized spacial score (nSPS) is 11.7. The number of carbonyl (C=O) groups excluding carboxylic acids is 2. The zero-order valence-electron chi connectivity index (χ0n) is 10.5. The van der Waals surface area contributed by atoms with Crippen molar-refractivity contribution in [2.75, 3.05) is 13.7 Å². The van der Waals surface area contributed by atoms with E-state index in [2.05, 4.69) is 0 Å². The third-order valence-corrected chi connectivity index (χ3v) is 2.40. The Morgan fingerprint density at radius 2 is 2.00 bits per heavy atom. The van der Waals surface area contributed by atoms with E-state index >= 15 is 0 Å². The van der Waals surface area contributed by atoms with Crippen LogP contribution in [0, 0.1) is 0 Å². The number of esters is 1. The van der Waals surface area contributed by atoms with E-state index in [9.17, 15) is 9.59 Å². The van der Waals surface area contributed by atoms with Gasteiger partial charge < -0.3 is 15.2 Å². The first-order valence-electron chi connectivity index (χ1n) is 5.68. The average Bonchev–Trinajstić information content (AvgIpc) is 2.38. The molecule has 98 valence electrons. The smallest absolute Gasteiger partial charge is 0.323 e. The summed E-state index contributed by atoms with van der Waals surface area (Å²) in [5.41, 5.74) is 6.01. The molecule has 18 heavy (non-hydrogen) atoms. The molecule has 0 saturated carbocycles. The van der Waals surface area contributed by atoms with Gasteiger partial charge in [0.2, 0.25) is 0 Å². The van der Waals surface area contributed by atoms with Crippen LogP contribution >= 0.6 is 0 Å². The maximum Gasteiger partial charge on any atom is 0.323 e. The molecule has 0 bridgehead atoms. The Hall–Kier alpha value is -1.88. The second-order valence-electron chi connectivity index (χ2n) is 3.69. The number of rotatable bonds is 6. The number of para-hydroxylation sites is 1. The fourth-order valence-corrected chi connectivity index (χ4v) is 1.52. The van der Waals surface area contributed by atoms with E-state index in [1.165, 1.54) is 7.11 Å². The Morgan fingerprint density at radius 3 is 2.61 bits per heavy atom. The van der Waals surface area contributed by atoms with Gasteiger partial charge in [-0.15, -0.1) is 0 Å². The molecule has 0 aliphatic carbocycles. The van der Waals surface area contributed by atoms with Gasteiger partial charge in [0.15, 0.2) is 5.78 Å². The highest BCUT2D eigenvalue weighted by atomic mass is 16.5. The lowest BCUT2D eigenvalue weighted by Gasteiger charge is -2.11. The van der Waals surface area contributed by atoms with E-state index in [4.69, 9.17) is 15.2 Å². The zero-order chi connectivity index (χ0) is 13.5. The number of benzene rings is 1. The van der Waals surface area contributed by atoms with Gasteiger partial charge in [-0.1, -0.05) is 12.1 Å². The molecule has 0 radical (unpaired) electrons. The predicted octanol–water partition coefficient (Wildman–Crippen LogP) is 1.16. The maximum atomic E-state index is 12.0. The number of hydrogen-bond acceptors (Lipinski definition) is 5. The van der Waals surface area contributed by atoms with Crippen LogP contribution in [0.2, 0.25) is 0 Å². The topological polar surface area (TPSA) is 78.6 Å². The van der Waals surface area contributed by atoms with Crippen LogP contribution in [0.3, 0.4) is 0 Å². The van der Waals surface area contributed by atoms with Gasteiger partial charge in [0.25, 0.3) is 0 Å². The van der Waals surface area contributed by atoms with E-state index in [1.54, 1.807) is 31.2 Å². The summed E-state index contributed by atoms with van der Waals surface area (Å²) in [6.45, 7) is 1.93. The lowest BCUT2D eigenvalue weighted by molar-refractivity contribution is -0.144. The fraction of sp³-hybridized carbons (Fsp3) is 0.385. The molecule has 1 unspecified atom stereocenters. The molecule has 0 saturated heterocycles. The summed E-state index contributed by atoms with van der Waals surface area (Å²) in [6, 6.07) is 5.87. The standard InChI is InChI=1S/C13H17NO4/c1-3-18-13(16)10(14)8-11(15)9-6-4-5-7-12(9)17-2/h4-7,10H,3,8,14H2,1-2H3. The first-order chi connectivity index (χ1) is 8.60. The highest BCUT2D eigenvalue weighted by Crippen LogP contribution is 2.19. The average molecular weight is 251 g/mol. The quantitative estimate of drug-likeness (QED) is 0.606. The lowest BCUT2D eigenvalue weighted by Crippen LogP contribution is -2.34. The van der Waals surface area contributed by atoms with Gasteiger partial charge in [-0.25, -0.2) is 0 Å². The summed E-state index contributed by atoms with van der Waals surface area (Å²) < 4.78 is 9.83. The van der Waals surface area contributed by atoms with Crippen LogP contribution in [0.1, 0.15) is 23.7 Å². The monoisotopic (exact) mass is 251 g/mol. The summed E-state index contributed by atoms with van der Waals surface area (Å²) in [7, 11) is 1.48. The highest BCUT2D eigenvalue weighted by molar-refractivity contribution is 6.01. The molecule has 1 aromatic rings. The minimum Gasteiger partial charge on any atom is -0.496 e. The summed E-state index contributed by atoms with van der Waals surface area (Å²) in [5.74, 6) is -0.340. The van der Waals surface area contributed by atoms with Crippen molar-refractivity contribution in [2.45, 2.75) is 19.4 Å². The van der Waals surface area contributed by atoms with Crippen LogP contribution in [0.25, 0.3) is 0 Å². The highest BCUT2D eigenvalue weighted by Gasteiger charge is 2.21. The molecule has 0 amide bonds. The van der Waals surface area contributed by atoms with Crippen LogP contribution in [0.5, 0.6) is 5.75 Å². The number of nitrogens with two attached hydrogens (primary N) is 1. The van der Waals surface area contributed by atoms with Crippen molar-refractivity contribution in [3.63, 3.8) is 0 Å². The van der Waals surface area contributed by atoms with Crippen LogP contribution in [0.15, 0.2) is 24.3 Å². The van der Waals surface area contributed by atoms with Crippen LogP contribution in [-0.2, 0) is 9.53 Å². The van der Waals surface area contributed by atoms with Crippen molar-refractivity contribution >= 4 is 11.8 Å². The zero-order valence-corrected chi connectivity index (χ0v) is 10.5. The molecular formula is C13H17NO4. The maximum absolute atomic E-state index is 12.0. The molecular weight excluding hydrogens is 234 g/mol. The van der Waals surface area contributed by atoms with E-state index in [1.807, 2.05) is 0 Å². The van der Waals surface area contributed by atoms with E-state index in [0.717, 1.165) is 0 Å². The fourth-order valence-electron chi connectivity index (χ4n) is 1.52. The minimum absolute atomic E-state index is 0.0980. The molecule has 5 heteroatoms. The van der Waals surface area contributed by atoms with Crippen molar-refractivity contribution in [3.05, 3.63) is 29.8 Å². The Morgan fingerprint density at radius 1 is 1.33 bits per heavy atom. The van der Waals surface area contributed by atoms with E-state index in [0.29, 0.717) is 11.3 Å². The van der Waals surface area contributed by atoms with Crippen molar-refractivity contribution in [1.29, 1.82) is 0 Å². The summed E-state index contributed by atoms with van der Waals surface area (Å²) in [4.78, 5) is 23.3. The number of Topliss-reactive ketones (excluding diaryl/α,β-unsaturated/α-hetero) is 1. The number of carbonyl (C=O) groups is 2. The molecule has 0 aliphatic heterocycles. The molecule has 0 aliphatic rings. The number of hydrogen-bond donors (Lipinski definition) is 1. The molecule has 0 spiro atoms. The van der Waals surface area contributed by atoms with Gasteiger partial charge >= 0.3 is 5.97 Å². The molecule has 1 atom stereocenters. The van der Waals surface area contributed by atoms with Gasteiger partial charge in [-0.2, -0.15) is 0 Å². The van der Waals surface area contributed by atoms with Gasteiger partial charge in [-0.05, 0) is 19.1 Å². The third kappa shape index (κ3) is 3.56. The number of ketones is 1. The number of methoxy groups -OCH3 is 1. The van der Waals surface area contributed by atoms with Crippen LogP contribution < -0.4 is 10.5 Å². The Balaban J connectivity index is 2.73. The van der Waals surface area contributed by atoms with Crippen molar-refractivity contribution in [3.8, 4) is 5.75 Å². The van der Waals surface area contributed by atoms with Crippen LogP contribution in [0.4, 0.5) is 0 Å². The van der Waals surface area contributed by atoms with E-state index in [-0.39, 0.29) is 18.8 Å². The molecule has 5 nitrogen and oxygen atoms in total. The molecule has 1 aromatic carbocycles. The third-order valence-electron chi connectivity index (χ3n) is 2.40. The number of ether oxygens (including phenoxy) is 2. The molecule has 0 aromatic heterocycles. The first-order valence-corrected chi connectivity index (χ1v) is 5.68. The van der Waals surface area contributed by atoms with E-state index < -0.39 is 12.0 Å². The van der Waals surface area contributed by atoms with Gasteiger partial charge in [0.05, 0.1) is 19.3 Å². The summed E-state index contributed by atoms with van der Waals surface area (Å²) in [5, 5.41) is 0. The lowest BCUT2D eigenvalue weighted by atomic mass is 10.0. The second-order valence-corrected chi connectivity index (χ2v) is 3.69. The largest absolute Gasteiger partial charge is 0.496 e. The molecule has 0 heterocycles. The molecule has 2 N–H and O–H groups in total. The first kappa shape index (κ1) is 14.2. The van der Waals surface area contributed by atoms with Gasteiger partial charge in [0.1, 0.15) is 11.8 Å². The van der Waals surface area contributed by atoms with Crippen molar-refractivity contribution in [1.82, 2.24) is 0 Å². The summed E-state index contributed by atoms with van der Waals surface area (Å²) >= 11 is 0. The SMILES string of the molecule is CCOC(=O)C(N)CC(=O)c1ccccc1OC. The molecule has 0 fully saturated rings. The van der Waals surface area contributed by atoms with Crippen molar-refractivity contribution in [2.24, 2.45) is 5.73 Å². The van der Waals surface area contributed by atoms with Gasteiger partial charge in [-0.3, -0.25) is 9.59 Å².